The highest BCUT2D eigenvalue weighted by Gasteiger charge is 2.19. The summed E-state index contributed by atoms with van der Waals surface area (Å²) in [4.78, 5) is 38.3. The highest BCUT2D eigenvalue weighted by atomic mass is 16.6. The molecular formula is C75H128O6. The van der Waals surface area contributed by atoms with E-state index in [0.717, 1.165) is 116 Å². The Labute approximate surface area is 501 Å². The van der Waals surface area contributed by atoms with Crippen molar-refractivity contribution in [3.63, 3.8) is 0 Å². The van der Waals surface area contributed by atoms with Crippen LogP contribution in [-0.4, -0.2) is 37.2 Å². The first-order valence-corrected chi connectivity index (χ1v) is 34.4. The van der Waals surface area contributed by atoms with E-state index in [1.54, 1.807) is 0 Å². The first-order chi connectivity index (χ1) is 40.0. The van der Waals surface area contributed by atoms with E-state index in [1.807, 2.05) is 0 Å². The molecule has 0 aliphatic carbocycles. The second-order valence-corrected chi connectivity index (χ2v) is 22.7. The lowest BCUT2D eigenvalue weighted by molar-refractivity contribution is -0.167. The number of allylic oxidation sites excluding steroid dienone is 18. The van der Waals surface area contributed by atoms with Gasteiger partial charge in [0.05, 0.1) is 0 Å². The minimum atomic E-state index is -0.789. The van der Waals surface area contributed by atoms with E-state index in [9.17, 15) is 14.4 Å². The molecule has 0 rings (SSSR count). The van der Waals surface area contributed by atoms with Crippen LogP contribution < -0.4 is 0 Å². The van der Waals surface area contributed by atoms with Crippen LogP contribution in [0.2, 0.25) is 0 Å². The van der Waals surface area contributed by atoms with E-state index < -0.39 is 6.10 Å². The molecule has 0 aromatic carbocycles. The van der Waals surface area contributed by atoms with Gasteiger partial charge in [0.25, 0.3) is 0 Å². The Kier molecular flexibility index (Phi) is 65.2. The third-order valence-corrected chi connectivity index (χ3v) is 14.7. The van der Waals surface area contributed by atoms with Crippen molar-refractivity contribution in [2.24, 2.45) is 0 Å². The van der Waals surface area contributed by atoms with E-state index in [4.69, 9.17) is 14.2 Å². The van der Waals surface area contributed by atoms with Crippen LogP contribution in [0.25, 0.3) is 0 Å². The summed E-state index contributed by atoms with van der Waals surface area (Å²) in [5.41, 5.74) is 0. The van der Waals surface area contributed by atoms with Gasteiger partial charge in [0.15, 0.2) is 6.10 Å². The van der Waals surface area contributed by atoms with Crippen LogP contribution in [0.3, 0.4) is 0 Å². The van der Waals surface area contributed by atoms with E-state index >= 15 is 0 Å². The molecule has 0 aromatic heterocycles. The molecule has 0 radical (unpaired) electrons. The SMILES string of the molecule is CC/C=C\C/C=C\C/C=C\C/C=C\C/C=C\C/C=C\C/C=C\CCCCCCCCCC(=O)OCC(COC(=O)CCCCCCC/C=C\CCCC)OC(=O)CCCCCCCCCCCCC/C=C\CCCCCCCCCC. The Morgan fingerprint density at radius 2 is 0.494 bits per heavy atom. The zero-order valence-electron chi connectivity index (χ0n) is 53.3. The fraction of sp³-hybridized carbons (Fsp3) is 0.720. The summed E-state index contributed by atoms with van der Waals surface area (Å²) in [5, 5.41) is 0. The molecule has 0 amide bonds. The summed E-state index contributed by atoms with van der Waals surface area (Å²) in [6.07, 6.45) is 94.0. The largest absolute Gasteiger partial charge is 0.462 e. The molecule has 0 heterocycles. The van der Waals surface area contributed by atoms with E-state index in [-0.39, 0.29) is 31.1 Å². The molecule has 464 valence electrons. The van der Waals surface area contributed by atoms with Gasteiger partial charge in [-0.3, -0.25) is 14.4 Å². The maximum Gasteiger partial charge on any atom is 0.306 e. The molecule has 0 N–H and O–H groups in total. The van der Waals surface area contributed by atoms with Gasteiger partial charge in [-0.05, 0) is 122 Å². The molecule has 0 saturated heterocycles. The zero-order chi connectivity index (χ0) is 58.5. The molecule has 1 unspecified atom stereocenters. The molecule has 0 aromatic rings. The minimum Gasteiger partial charge on any atom is -0.462 e. The van der Waals surface area contributed by atoms with Gasteiger partial charge in [-0.1, -0.05) is 297 Å². The van der Waals surface area contributed by atoms with Gasteiger partial charge in [0.1, 0.15) is 13.2 Å². The van der Waals surface area contributed by atoms with E-state index in [0.29, 0.717) is 19.3 Å². The second-order valence-electron chi connectivity index (χ2n) is 22.7. The Bertz CT molecular complexity index is 1620. The van der Waals surface area contributed by atoms with Crippen LogP contribution in [-0.2, 0) is 28.6 Å². The van der Waals surface area contributed by atoms with Gasteiger partial charge in [-0.15, -0.1) is 0 Å². The predicted molar refractivity (Wildman–Crippen MR) is 353 cm³/mol. The van der Waals surface area contributed by atoms with Crippen molar-refractivity contribution in [3.8, 4) is 0 Å². The average Bonchev–Trinajstić information content (AvgIpc) is 3.47. The highest BCUT2D eigenvalue weighted by molar-refractivity contribution is 5.71. The number of rotatable bonds is 62. The quantitative estimate of drug-likeness (QED) is 0.0261. The molecule has 0 aliphatic rings. The maximum atomic E-state index is 12.9. The third-order valence-electron chi connectivity index (χ3n) is 14.7. The zero-order valence-corrected chi connectivity index (χ0v) is 53.3. The molecule has 6 heteroatoms. The first-order valence-electron chi connectivity index (χ1n) is 34.4. The molecule has 0 spiro atoms. The molecule has 0 fully saturated rings. The molecule has 6 nitrogen and oxygen atoms in total. The van der Waals surface area contributed by atoms with Crippen LogP contribution in [0.1, 0.15) is 329 Å². The van der Waals surface area contributed by atoms with Crippen LogP contribution in [0.15, 0.2) is 109 Å². The monoisotopic (exact) mass is 1120 g/mol. The van der Waals surface area contributed by atoms with Crippen molar-refractivity contribution in [2.45, 2.75) is 335 Å². The predicted octanol–water partition coefficient (Wildman–Crippen LogP) is 23.8. The van der Waals surface area contributed by atoms with Crippen molar-refractivity contribution >= 4 is 17.9 Å². The van der Waals surface area contributed by atoms with Crippen LogP contribution >= 0.6 is 0 Å². The van der Waals surface area contributed by atoms with Crippen molar-refractivity contribution in [2.75, 3.05) is 13.2 Å². The average molecular weight is 1130 g/mol. The first kappa shape index (κ1) is 77.1. The smallest absolute Gasteiger partial charge is 0.306 e. The van der Waals surface area contributed by atoms with E-state index in [1.165, 1.54) is 173 Å². The fourth-order valence-corrected chi connectivity index (χ4v) is 9.58. The second kappa shape index (κ2) is 68.6. The topological polar surface area (TPSA) is 78.9 Å². The number of unbranched alkanes of at least 4 members (excludes halogenated alkanes) is 33. The van der Waals surface area contributed by atoms with E-state index in [2.05, 4.69) is 130 Å². The lowest BCUT2D eigenvalue weighted by Crippen LogP contribution is -2.30. The summed E-state index contributed by atoms with van der Waals surface area (Å²) >= 11 is 0. The Balaban J connectivity index is 4.28. The normalized spacial score (nSPS) is 12.8. The summed E-state index contributed by atoms with van der Waals surface area (Å²) in [7, 11) is 0. The lowest BCUT2D eigenvalue weighted by atomic mass is 10.0. The van der Waals surface area contributed by atoms with Crippen molar-refractivity contribution in [1.82, 2.24) is 0 Å². The molecule has 81 heavy (non-hydrogen) atoms. The summed E-state index contributed by atoms with van der Waals surface area (Å²) in [5.74, 6) is -0.896. The van der Waals surface area contributed by atoms with Crippen LogP contribution in [0.4, 0.5) is 0 Å². The Morgan fingerprint density at radius 3 is 0.802 bits per heavy atom. The highest BCUT2D eigenvalue weighted by Crippen LogP contribution is 2.16. The van der Waals surface area contributed by atoms with Crippen LogP contribution in [0.5, 0.6) is 0 Å². The van der Waals surface area contributed by atoms with Gasteiger partial charge in [0, 0.05) is 19.3 Å². The van der Waals surface area contributed by atoms with Gasteiger partial charge in [-0.2, -0.15) is 0 Å². The van der Waals surface area contributed by atoms with Crippen molar-refractivity contribution in [3.05, 3.63) is 109 Å². The third kappa shape index (κ3) is 66.8. The Hall–Kier alpha value is -3.93. The van der Waals surface area contributed by atoms with Crippen molar-refractivity contribution < 1.29 is 28.6 Å². The summed E-state index contributed by atoms with van der Waals surface area (Å²) in [6.45, 7) is 6.50. The van der Waals surface area contributed by atoms with Crippen molar-refractivity contribution in [1.29, 1.82) is 0 Å². The van der Waals surface area contributed by atoms with Gasteiger partial charge in [0.2, 0.25) is 0 Å². The summed E-state index contributed by atoms with van der Waals surface area (Å²) in [6, 6.07) is 0. The molecule has 0 aliphatic heterocycles. The lowest BCUT2D eigenvalue weighted by Gasteiger charge is -2.18. The minimum absolute atomic E-state index is 0.0854. The van der Waals surface area contributed by atoms with Crippen LogP contribution in [0, 0.1) is 0 Å². The number of carbonyl (C=O) groups is 3. The molecular weight excluding hydrogens is 997 g/mol. The van der Waals surface area contributed by atoms with Gasteiger partial charge < -0.3 is 14.2 Å². The standard InChI is InChI=1S/C75H128O6/c1-4-7-10-13-16-19-22-24-26-28-30-32-34-35-36-37-38-39-41-42-44-46-48-50-53-56-59-62-65-68-74(77)80-71-72(70-79-73(76)67-64-61-58-55-52-21-18-15-12-9-6-3)81-75(78)69-66-63-60-57-54-51-49-47-45-43-40-33-31-29-27-25-23-20-17-14-11-8-5-2/h7,10,15-16,18-19,24,26,29-32,35-36,38-39,42,44,72H,4-6,8-9,11-14,17,20-23,25,27-28,33-34,37,40-41,43,45-71H2,1-3H3/b10-7-,18-15-,19-16-,26-24-,31-29-,32-30-,36-35-,39-38-,44-42-. The molecule has 0 bridgehead atoms. The summed E-state index contributed by atoms with van der Waals surface area (Å²) < 4.78 is 16.9. The molecule has 1 atom stereocenters. The van der Waals surface area contributed by atoms with Gasteiger partial charge in [-0.25, -0.2) is 0 Å². The number of hydrogen-bond acceptors (Lipinski definition) is 6. The fourth-order valence-electron chi connectivity index (χ4n) is 9.58. The Morgan fingerprint density at radius 1 is 0.259 bits per heavy atom. The number of esters is 3. The number of hydrogen-bond donors (Lipinski definition) is 0. The molecule has 0 saturated carbocycles. The van der Waals surface area contributed by atoms with Gasteiger partial charge >= 0.3 is 17.9 Å². The number of carbonyl (C=O) groups excluding carboxylic acids is 3. The maximum absolute atomic E-state index is 12.9. The number of ether oxygens (including phenoxy) is 3.